The molecule has 150 valence electrons. The van der Waals surface area contributed by atoms with Crippen LogP contribution in [0.3, 0.4) is 0 Å². The number of esters is 1. The molecular weight excluding hydrogens is 339 g/mol. The lowest BCUT2D eigenvalue weighted by molar-refractivity contribution is 0.0109. The van der Waals surface area contributed by atoms with E-state index in [0.29, 0.717) is 5.56 Å². The Kier molecular flexibility index (Phi) is 7.72. The normalized spacial score (nSPS) is 28.7. The first-order valence-corrected chi connectivity index (χ1v) is 11.1. The molecule has 2 fully saturated rings. The zero-order valence-corrected chi connectivity index (χ0v) is 16.8. The fraction of sp³-hybridized carbons (Fsp3) is 0.708. The molecule has 0 N–H and O–H groups in total. The van der Waals surface area contributed by atoms with Crippen molar-refractivity contribution in [1.82, 2.24) is 0 Å². The third-order valence-electron chi connectivity index (χ3n) is 6.83. The fourth-order valence-corrected chi connectivity index (χ4v) is 5.14. The summed E-state index contributed by atoms with van der Waals surface area (Å²) in [6, 6.07) is 5.78. The van der Waals surface area contributed by atoms with E-state index in [-0.39, 0.29) is 12.1 Å². The quantitative estimate of drug-likeness (QED) is 0.382. The van der Waals surface area contributed by atoms with Gasteiger partial charge < -0.3 is 4.74 Å². The first kappa shape index (κ1) is 20.4. The van der Waals surface area contributed by atoms with Crippen LogP contribution in [0.15, 0.2) is 24.3 Å². The van der Waals surface area contributed by atoms with Crippen LogP contribution in [0.5, 0.6) is 0 Å². The molecule has 0 unspecified atom stereocenters. The van der Waals surface area contributed by atoms with Crippen molar-refractivity contribution < 1.29 is 13.9 Å². The highest BCUT2D eigenvalue weighted by Gasteiger charge is 2.32. The van der Waals surface area contributed by atoms with Gasteiger partial charge in [0, 0.05) is 0 Å². The first-order valence-electron chi connectivity index (χ1n) is 11.1. The molecule has 27 heavy (non-hydrogen) atoms. The molecule has 0 atom stereocenters. The van der Waals surface area contributed by atoms with Gasteiger partial charge in [0.15, 0.2) is 0 Å². The lowest BCUT2D eigenvalue weighted by Crippen LogP contribution is -2.29. The van der Waals surface area contributed by atoms with E-state index in [0.717, 1.165) is 30.6 Å². The highest BCUT2D eigenvalue weighted by molar-refractivity contribution is 5.89. The molecule has 0 saturated heterocycles. The lowest BCUT2D eigenvalue weighted by atomic mass is 9.70. The molecule has 0 bridgehead atoms. The third-order valence-corrected chi connectivity index (χ3v) is 6.83. The molecule has 0 aromatic heterocycles. The van der Waals surface area contributed by atoms with Gasteiger partial charge in [-0.05, 0) is 74.5 Å². The Hall–Kier alpha value is -1.38. The molecule has 1 aromatic rings. The van der Waals surface area contributed by atoms with Gasteiger partial charge in [-0.1, -0.05) is 51.5 Å². The van der Waals surface area contributed by atoms with Crippen LogP contribution in [0.4, 0.5) is 4.39 Å². The zero-order valence-electron chi connectivity index (χ0n) is 16.8. The summed E-state index contributed by atoms with van der Waals surface area (Å²) in [4.78, 5) is 12.2. The van der Waals surface area contributed by atoms with Crippen LogP contribution in [-0.4, -0.2) is 12.1 Å². The summed E-state index contributed by atoms with van der Waals surface area (Å²) in [5.41, 5.74) is 0.318. The molecule has 0 radical (unpaired) electrons. The molecule has 2 aliphatic rings. The first-order chi connectivity index (χ1) is 13.2. The van der Waals surface area contributed by atoms with Crippen molar-refractivity contribution in [3.63, 3.8) is 0 Å². The number of hydrogen-bond acceptors (Lipinski definition) is 2. The van der Waals surface area contributed by atoms with Crippen molar-refractivity contribution in [2.24, 2.45) is 17.8 Å². The number of carbonyl (C=O) groups is 1. The predicted molar refractivity (Wildman–Crippen MR) is 107 cm³/mol. The molecule has 0 aliphatic heterocycles. The monoisotopic (exact) mass is 374 g/mol. The summed E-state index contributed by atoms with van der Waals surface area (Å²) in [5.74, 6) is 1.89. The van der Waals surface area contributed by atoms with Crippen LogP contribution in [0.2, 0.25) is 0 Å². The molecule has 3 heteroatoms. The molecule has 1 aromatic carbocycles. The SMILES string of the molecule is CCCCCC1CCC(C2CCC(OC(=O)c3cccc(F)c3)CC2)CC1. The number of hydrogen-bond donors (Lipinski definition) is 0. The van der Waals surface area contributed by atoms with Crippen molar-refractivity contribution in [2.45, 2.75) is 90.1 Å². The van der Waals surface area contributed by atoms with E-state index in [2.05, 4.69) is 6.92 Å². The second kappa shape index (κ2) is 10.2. The predicted octanol–water partition coefficient (Wildman–Crippen LogP) is 6.93. The number of carbonyl (C=O) groups excluding carboxylic acids is 1. The van der Waals surface area contributed by atoms with Crippen molar-refractivity contribution in [1.29, 1.82) is 0 Å². The second-order valence-corrected chi connectivity index (χ2v) is 8.73. The number of unbranched alkanes of at least 4 members (excludes halogenated alkanes) is 2. The molecule has 2 saturated carbocycles. The molecule has 0 amide bonds. The van der Waals surface area contributed by atoms with Crippen LogP contribution in [-0.2, 0) is 4.74 Å². The topological polar surface area (TPSA) is 26.3 Å². The molecule has 2 nitrogen and oxygen atoms in total. The Morgan fingerprint density at radius 1 is 1.00 bits per heavy atom. The van der Waals surface area contributed by atoms with Gasteiger partial charge in [-0.15, -0.1) is 0 Å². The van der Waals surface area contributed by atoms with E-state index >= 15 is 0 Å². The number of ether oxygens (including phenoxy) is 1. The van der Waals surface area contributed by atoms with Gasteiger partial charge in [-0.25, -0.2) is 9.18 Å². The Morgan fingerprint density at radius 2 is 1.67 bits per heavy atom. The Bertz CT molecular complexity index is 584. The molecule has 0 spiro atoms. The van der Waals surface area contributed by atoms with Gasteiger partial charge in [0.25, 0.3) is 0 Å². The van der Waals surface area contributed by atoms with E-state index < -0.39 is 5.82 Å². The minimum absolute atomic E-state index is 0.00222. The molecule has 0 heterocycles. The molecule has 3 rings (SSSR count). The van der Waals surface area contributed by atoms with Gasteiger partial charge in [-0.2, -0.15) is 0 Å². The van der Waals surface area contributed by atoms with E-state index in [9.17, 15) is 9.18 Å². The smallest absolute Gasteiger partial charge is 0.338 e. The Balaban J connectivity index is 1.37. The summed E-state index contributed by atoms with van der Waals surface area (Å²) >= 11 is 0. The highest BCUT2D eigenvalue weighted by Crippen LogP contribution is 2.41. The van der Waals surface area contributed by atoms with Gasteiger partial charge in [0.2, 0.25) is 0 Å². The van der Waals surface area contributed by atoms with E-state index in [4.69, 9.17) is 4.74 Å². The lowest BCUT2D eigenvalue weighted by Gasteiger charge is -2.37. The van der Waals surface area contributed by atoms with Crippen LogP contribution in [0.1, 0.15) is 94.3 Å². The van der Waals surface area contributed by atoms with E-state index in [1.165, 1.54) is 76.3 Å². The average Bonchev–Trinajstić information content (AvgIpc) is 2.69. The summed E-state index contributed by atoms with van der Waals surface area (Å²) in [7, 11) is 0. The van der Waals surface area contributed by atoms with Gasteiger partial charge >= 0.3 is 5.97 Å². The third kappa shape index (κ3) is 6.05. The van der Waals surface area contributed by atoms with Crippen LogP contribution in [0, 0.1) is 23.6 Å². The van der Waals surface area contributed by atoms with Crippen LogP contribution in [0.25, 0.3) is 0 Å². The summed E-state index contributed by atoms with van der Waals surface area (Å²) in [5, 5.41) is 0. The second-order valence-electron chi connectivity index (χ2n) is 8.73. The summed E-state index contributed by atoms with van der Waals surface area (Å²) in [6.07, 6.45) is 15.5. The Morgan fingerprint density at radius 3 is 2.30 bits per heavy atom. The summed E-state index contributed by atoms with van der Waals surface area (Å²) < 4.78 is 18.9. The van der Waals surface area contributed by atoms with Crippen molar-refractivity contribution >= 4 is 5.97 Å². The Labute approximate surface area is 163 Å². The number of rotatable bonds is 7. The van der Waals surface area contributed by atoms with Crippen molar-refractivity contribution in [2.75, 3.05) is 0 Å². The van der Waals surface area contributed by atoms with Crippen molar-refractivity contribution in [3.8, 4) is 0 Å². The van der Waals surface area contributed by atoms with E-state index in [1.54, 1.807) is 12.1 Å². The van der Waals surface area contributed by atoms with Gasteiger partial charge in [0.05, 0.1) is 5.56 Å². The van der Waals surface area contributed by atoms with Crippen LogP contribution >= 0.6 is 0 Å². The summed E-state index contributed by atoms with van der Waals surface area (Å²) in [6.45, 7) is 2.28. The minimum atomic E-state index is -0.390. The maximum atomic E-state index is 13.3. The largest absolute Gasteiger partial charge is 0.459 e. The fourth-order valence-electron chi connectivity index (χ4n) is 5.14. The highest BCUT2D eigenvalue weighted by atomic mass is 19.1. The van der Waals surface area contributed by atoms with Gasteiger partial charge in [-0.3, -0.25) is 0 Å². The maximum Gasteiger partial charge on any atom is 0.338 e. The average molecular weight is 375 g/mol. The van der Waals surface area contributed by atoms with E-state index in [1.807, 2.05) is 0 Å². The number of halogens is 1. The number of benzene rings is 1. The van der Waals surface area contributed by atoms with Crippen LogP contribution < -0.4 is 0 Å². The zero-order chi connectivity index (χ0) is 19.1. The molecule has 2 aliphatic carbocycles. The minimum Gasteiger partial charge on any atom is -0.459 e. The molecular formula is C24H35FO2. The maximum absolute atomic E-state index is 13.3. The van der Waals surface area contributed by atoms with Crippen molar-refractivity contribution in [3.05, 3.63) is 35.6 Å². The van der Waals surface area contributed by atoms with Gasteiger partial charge in [0.1, 0.15) is 11.9 Å². The standard InChI is InChI=1S/C24H35FO2/c1-2-3-4-6-18-9-11-19(12-10-18)20-13-15-23(16-14-20)27-24(26)21-7-5-8-22(25)17-21/h5,7-8,17-20,23H,2-4,6,9-16H2,1H3.